The summed E-state index contributed by atoms with van der Waals surface area (Å²) in [6, 6.07) is 14.6. The fourth-order valence-electron chi connectivity index (χ4n) is 3.81. The zero-order valence-electron chi connectivity index (χ0n) is 17.7. The monoisotopic (exact) mass is 437 g/mol. The maximum absolute atomic E-state index is 13.9. The molecule has 9 heteroatoms. The number of aryl methyl sites for hydroxylation is 1. The van der Waals surface area contributed by atoms with Crippen molar-refractivity contribution in [2.24, 2.45) is 0 Å². The maximum Gasteiger partial charge on any atom is 0.270 e. The molecule has 1 fully saturated rings. The molecule has 0 saturated carbocycles. The highest BCUT2D eigenvalue weighted by atomic mass is 19.1. The summed E-state index contributed by atoms with van der Waals surface area (Å²) in [6.45, 7) is 5.13. The molecule has 32 heavy (non-hydrogen) atoms. The van der Waals surface area contributed by atoms with Gasteiger partial charge in [0.05, 0.1) is 24.2 Å². The molecule has 166 valence electrons. The zero-order valence-corrected chi connectivity index (χ0v) is 17.7. The van der Waals surface area contributed by atoms with Gasteiger partial charge in [-0.2, -0.15) is 0 Å². The number of hydrogen-bond acceptors (Lipinski definition) is 7. The van der Waals surface area contributed by atoms with Gasteiger partial charge in [0.2, 0.25) is 0 Å². The molecule has 1 aliphatic rings. The Morgan fingerprint density at radius 1 is 1.16 bits per heavy atom. The van der Waals surface area contributed by atoms with E-state index in [2.05, 4.69) is 20.2 Å². The smallest absolute Gasteiger partial charge is 0.270 e. The number of morpholine rings is 1. The molecule has 3 aromatic rings. The largest absolute Gasteiger partial charge is 0.379 e. The number of ether oxygens (including phenoxy) is 1. The number of nitrogens with one attached hydrogen (secondary N) is 1. The zero-order chi connectivity index (χ0) is 22.5. The van der Waals surface area contributed by atoms with Gasteiger partial charge in [-0.05, 0) is 24.6 Å². The number of aromatic nitrogens is 2. The first-order valence-electron chi connectivity index (χ1n) is 10.4. The lowest BCUT2D eigenvalue weighted by Crippen LogP contribution is -2.41. The molecule has 1 unspecified atom stereocenters. The number of benzene rings is 2. The molecule has 1 aromatic heterocycles. The van der Waals surface area contributed by atoms with E-state index in [1.54, 1.807) is 24.3 Å². The van der Waals surface area contributed by atoms with Crippen LogP contribution < -0.4 is 5.32 Å². The van der Waals surface area contributed by atoms with Crippen molar-refractivity contribution in [1.82, 2.24) is 14.9 Å². The molecule has 0 radical (unpaired) electrons. The minimum Gasteiger partial charge on any atom is -0.379 e. The van der Waals surface area contributed by atoms with Crippen LogP contribution in [0.25, 0.3) is 11.4 Å². The van der Waals surface area contributed by atoms with Crippen LogP contribution in [0.1, 0.15) is 17.3 Å². The third-order valence-electron chi connectivity index (χ3n) is 5.37. The van der Waals surface area contributed by atoms with Gasteiger partial charge in [0.15, 0.2) is 5.82 Å². The normalized spacial score (nSPS) is 15.3. The van der Waals surface area contributed by atoms with Gasteiger partial charge >= 0.3 is 0 Å². The highest BCUT2D eigenvalue weighted by molar-refractivity contribution is 5.61. The standard InChI is InChI=1S/C23H24FN5O3/c1-16-12-22(27-23(26-16)18-5-3-7-20(14-18)29(30)31)25-15-21(28-8-10-32-11-9-28)17-4-2-6-19(24)13-17/h2-7,12-14,21H,8-11,15H2,1H3,(H,25,26,27). The predicted octanol–water partition coefficient (Wildman–Crippen LogP) is 3.98. The minimum atomic E-state index is -0.440. The molecule has 1 saturated heterocycles. The van der Waals surface area contributed by atoms with Crippen LogP contribution in [-0.2, 0) is 4.74 Å². The van der Waals surface area contributed by atoms with Crippen molar-refractivity contribution >= 4 is 11.5 Å². The van der Waals surface area contributed by atoms with E-state index in [0.29, 0.717) is 37.0 Å². The molecule has 4 rings (SSSR count). The van der Waals surface area contributed by atoms with Gasteiger partial charge in [-0.15, -0.1) is 0 Å². The lowest BCUT2D eigenvalue weighted by molar-refractivity contribution is -0.384. The summed E-state index contributed by atoms with van der Waals surface area (Å²) >= 11 is 0. The van der Waals surface area contributed by atoms with Crippen molar-refractivity contribution in [3.63, 3.8) is 0 Å². The summed E-state index contributed by atoms with van der Waals surface area (Å²) in [6.07, 6.45) is 0. The fraction of sp³-hybridized carbons (Fsp3) is 0.304. The van der Waals surface area contributed by atoms with Gasteiger partial charge in [-0.25, -0.2) is 14.4 Å². The first-order valence-corrected chi connectivity index (χ1v) is 10.4. The van der Waals surface area contributed by atoms with E-state index in [0.717, 1.165) is 24.3 Å². The van der Waals surface area contributed by atoms with E-state index in [1.807, 2.05) is 19.1 Å². The number of hydrogen-bond donors (Lipinski definition) is 1. The average molecular weight is 437 g/mol. The minimum absolute atomic E-state index is 0.0133. The Morgan fingerprint density at radius 3 is 2.69 bits per heavy atom. The Kier molecular flexibility index (Phi) is 6.67. The van der Waals surface area contributed by atoms with Crippen LogP contribution in [0.3, 0.4) is 0 Å². The van der Waals surface area contributed by atoms with Crippen molar-refractivity contribution in [3.05, 3.63) is 81.8 Å². The molecule has 0 spiro atoms. The average Bonchev–Trinajstić information content (AvgIpc) is 2.80. The molecular weight excluding hydrogens is 413 g/mol. The molecular formula is C23H24FN5O3. The number of nitro groups is 1. The molecule has 8 nitrogen and oxygen atoms in total. The van der Waals surface area contributed by atoms with Crippen LogP contribution in [0.2, 0.25) is 0 Å². The molecule has 2 aromatic carbocycles. The molecule has 2 heterocycles. The third kappa shape index (κ3) is 5.24. The number of non-ortho nitro benzene ring substituents is 1. The molecule has 1 aliphatic heterocycles. The molecule has 0 bridgehead atoms. The summed E-state index contributed by atoms with van der Waals surface area (Å²) < 4.78 is 19.4. The number of nitro benzene ring substituents is 1. The van der Waals surface area contributed by atoms with Crippen LogP contribution in [-0.4, -0.2) is 52.6 Å². The highest BCUT2D eigenvalue weighted by Gasteiger charge is 2.23. The van der Waals surface area contributed by atoms with Gasteiger partial charge in [0.25, 0.3) is 5.69 Å². The topological polar surface area (TPSA) is 93.4 Å². The lowest BCUT2D eigenvalue weighted by Gasteiger charge is -2.35. The SMILES string of the molecule is Cc1cc(NCC(c2cccc(F)c2)N2CCOCC2)nc(-c2cccc([N+](=O)[O-])c2)n1. The van der Waals surface area contributed by atoms with E-state index in [-0.39, 0.29) is 17.5 Å². The summed E-state index contributed by atoms with van der Waals surface area (Å²) in [4.78, 5) is 22.0. The van der Waals surface area contributed by atoms with Crippen LogP contribution in [0, 0.1) is 22.9 Å². The summed E-state index contributed by atoms with van der Waals surface area (Å²) in [5.41, 5.74) is 2.17. The molecule has 1 N–H and O–H groups in total. The summed E-state index contributed by atoms with van der Waals surface area (Å²) in [5.74, 6) is 0.741. The van der Waals surface area contributed by atoms with Crippen LogP contribution >= 0.6 is 0 Å². The first kappa shape index (κ1) is 21.8. The van der Waals surface area contributed by atoms with Crippen LogP contribution in [0.15, 0.2) is 54.6 Å². The predicted molar refractivity (Wildman–Crippen MR) is 119 cm³/mol. The Labute approximate surface area is 185 Å². The van der Waals surface area contributed by atoms with Crippen molar-refractivity contribution < 1.29 is 14.1 Å². The van der Waals surface area contributed by atoms with Gasteiger partial charge in [-0.1, -0.05) is 24.3 Å². The lowest BCUT2D eigenvalue weighted by atomic mass is 10.0. The Hall–Kier alpha value is -3.43. The fourth-order valence-corrected chi connectivity index (χ4v) is 3.81. The third-order valence-corrected chi connectivity index (χ3v) is 5.37. The van der Waals surface area contributed by atoms with Crippen LogP contribution in [0.4, 0.5) is 15.9 Å². The maximum atomic E-state index is 13.9. The summed E-state index contributed by atoms with van der Waals surface area (Å²) in [5, 5.41) is 14.5. The molecule has 0 aliphatic carbocycles. The Balaban J connectivity index is 1.58. The number of rotatable bonds is 7. The highest BCUT2D eigenvalue weighted by Crippen LogP contribution is 2.25. The van der Waals surface area contributed by atoms with E-state index >= 15 is 0 Å². The number of nitrogens with zero attached hydrogens (tertiary/aromatic N) is 4. The van der Waals surface area contributed by atoms with Crippen molar-refractivity contribution in [2.75, 3.05) is 38.2 Å². The quantitative estimate of drug-likeness (QED) is 0.441. The van der Waals surface area contributed by atoms with E-state index in [1.165, 1.54) is 18.2 Å². The number of anilines is 1. The molecule has 0 amide bonds. The second kappa shape index (κ2) is 9.80. The van der Waals surface area contributed by atoms with Crippen LogP contribution in [0.5, 0.6) is 0 Å². The van der Waals surface area contributed by atoms with Gasteiger partial charge in [-0.3, -0.25) is 15.0 Å². The van der Waals surface area contributed by atoms with Crippen molar-refractivity contribution in [1.29, 1.82) is 0 Å². The number of halogens is 1. The second-order valence-electron chi connectivity index (χ2n) is 7.63. The Morgan fingerprint density at radius 2 is 1.94 bits per heavy atom. The first-order chi connectivity index (χ1) is 15.5. The summed E-state index contributed by atoms with van der Waals surface area (Å²) in [7, 11) is 0. The van der Waals surface area contributed by atoms with Crippen molar-refractivity contribution in [3.8, 4) is 11.4 Å². The molecule has 1 atom stereocenters. The van der Waals surface area contributed by atoms with Gasteiger partial charge < -0.3 is 10.1 Å². The van der Waals surface area contributed by atoms with Gasteiger partial charge in [0.1, 0.15) is 11.6 Å². The van der Waals surface area contributed by atoms with E-state index < -0.39 is 4.92 Å². The van der Waals surface area contributed by atoms with E-state index in [4.69, 9.17) is 4.74 Å². The van der Waals surface area contributed by atoms with Crippen molar-refractivity contribution in [2.45, 2.75) is 13.0 Å². The van der Waals surface area contributed by atoms with Gasteiger partial charge in [0, 0.05) is 49.1 Å². The van der Waals surface area contributed by atoms with E-state index in [9.17, 15) is 14.5 Å². The second-order valence-corrected chi connectivity index (χ2v) is 7.63. The Bertz CT molecular complexity index is 1100.